The van der Waals surface area contributed by atoms with Crippen LogP contribution in [0.25, 0.3) is 22.3 Å². The summed E-state index contributed by atoms with van der Waals surface area (Å²) in [6.07, 6.45) is -8.84. The van der Waals surface area contributed by atoms with Gasteiger partial charge in [-0.2, -0.15) is 4.98 Å². The molecule has 0 saturated carbocycles. The van der Waals surface area contributed by atoms with Gasteiger partial charge in [-0.15, -0.1) is 0 Å². The lowest BCUT2D eigenvalue weighted by Gasteiger charge is -2.26. The van der Waals surface area contributed by atoms with E-state index in [0.717, 1.165) is 17.2 Å². The number of phosphoric acid groups is 2. The minimum absolute atomic E-state index is 0.0366. The molecular weight excluding hydrogens is 662 g/mol. The number of H-pyrrole nitrogens is 1. The van der Waals surface area contributed by atoms with E-state index >= 15 is 0 Å². The van der Waals surface area contributed by atoms with Crippen molar-refractivity contribution in [3.8, 4) is 0 Å². The number of aromatic amines is 1. The van der Waals surface area contributed by atoms with E-state index in [4.69, 9.17) is 39.0 Å². The molecule has 3 fully saturated rings. The Labute approximate surface area is 255 Å². The van der Waals surface area contributed by atoms with Crippen molar-refractivity contribution in [1.29, 1.82) is 0 Å². The number of nitrogen functional groups attached to an aromatic ring is 2. The minimum Gasteiger partial charge on any atom is -0.387 e. The van der Waals surface area contributed by atoms with Crippen molar-refractivity contribution in [3.63, 3.8) is 0 Å². The molecule has 9 N–H and O–H groups in total. The summed E-state index contributed by atoms with van der Waals surface area (Å²) in [4.78, 5) is 55.9. The Hall–Kier alpha value is -3.44. The molecule has 7 rings (SSSR count). The number of phosphoric ester groups is 2. The van der Waals surface area contributed by atoms with Crippen molar-refractivity contribution in [2.75, 3.05) is 24.7 Å². The van der Waals surface area contributed by atoms with E-state index in [-0.39, 0.29) is 40.5 Å². The molecule has 23 nitrogen and oxygen atoms in total. The zero-order chi connectivity index (χ0) is 32.5. The lowest BCUT2D eigenvalue weighted by molar-refractivity contribution is -0.0589. The van der Waals surface area contributed by atoms with Crippen LogP contribution in [0.4, 0.5) is 11.8 Å². The number of nitrogens with two attached hydrogens (primary N) is 2. The molecule has 248 valence electrons. The highest BCUT2D eigenvalue weighted by Crippen LogP contribution is 2.53. The molecule has 10 atom stereocenters. The average Bonchev–Trinajstić information content (AvgIpc) is 3.74. The van der Waals surface area contributed by atoms with Gasteiger partial charge in [0.2, 0.25) is 5.95 Å². The van der Waals surface area contributed by atoms with Crippen LogP contribution in [-0.4, -0.2) is 109 Å². The molecule has 7 heterocycles. The summed E-state index contributed by atoms with van der Waals surface area (Å²) in [7, 11) is -10.1. The van der Waals surface area contributed by atoms with Crippen molar-refractivity contribution in [3.05, 3.63) is 29.3 Å². The Morgan fingerprint density at radius 1 is 0.848 bits per heavy atom. The van der Waals surface area contributed by atoms with Gasteiger partial charge >= 0.3 is 15.6 Å². The molecule has 4 aromatic heterocycles. The van der Waals surface area contributed by atoms with Crippen LogP contribution in [0.5, 0.6) is 0 Å². The maximum absolute atomic E-state index is 13.3. The third-order valence-corrected chi connectivity index (χ3v) is 9.58. The predicted octanol–water partition coefficient (Wildman–Crippen LogP) is -1.95. The number of nitrogens with one attached hydrogen (secondary N) is 1. The summed E-state index contributed by atoms with van der Waals surface area (Å²) >= 11 is 0. The van der Waals surface area contributed by atoms with E-state index in [1.165, 1.54) is 10.9 Å². The maximum Gasteiger partial charge on any atom is 0.472 e. The van der Waals surface area contributed by atoms with Gasteiger partial charge in [-0.05, 0) is 0 Å². The summed E-state index contributed by atoms with van der Waals surface area (Å²) < 4.78 is 61.3. The fourth-order valence-electron chi connectivity index (χ4n) is 5.51. The molecule has 2 unspecified atom stereocenters. The number of nitrogens with zero attached hydrogens (tertiary/aromatic N) is 7. The van der Waals surface area contributed by atoms with Gasteiger partial charge in [-0.3, -0.25) is 37.0 Å². The van der Waals surface area contributed by atoms with E-state index in [0.29, 0.717) is 0 Å². The van der Waals surface area contributed by atoms with E-state index in [2.05, 4.69) is 29.9 Å². The van der Waals surface area contributed by atoms with Crippen molar-refractivity contribution in [2.24, 2.45) is 0 Å². The van der Waals surface area contributed by atoms with Crippen LogP contribution in [0.1, 0.15) is 18.9 Å². The van der Waals surface area contributed by atoms with Gasteiger partial charge in [0, 0.05) is 6.42 Å². The molecule has 25 heteroatoms. The normalized spacial score (nSPS) is 37.4. The van der Waals surface area contributed by atoms with Crippen LogP contribution in [0.15, 0.2) is 23.8 Å². The molecule has 3 saturated heterocycles. The van der Waals surface area contributed by atoms with Gasteiger partial charge in [0.15, 0.2) is 35.1 Å². The first-order valence-electron chi connectivity index (χ1n) is 13.5. The number of anilines is 2. The van der Waals surface area contributed by atoms with E-state index in [9.17, 15) is 33.9 Å². The lowest BCUT2D eigenvalue weighted by Crippen LogP contribution is -2.37. The first kappa shape index (κ1) is 31.2. The number of aliphatic hydroxyl groups is 2. The van der Waals surface area contributed by atoms with Gasteiger partial charge in [0.05, 0.1) is 32.0 Å². The number of ether oxygens (including phenoxy) is 2. The second-order valence-electron chi connectivity index (χ2n) is 10.5. The number of hydrogen-bond donors (Lipinski definition) is 7. The highest BCUT2D eigenvalue weighted by Gasteiger charge is 2.53. The van der Waals surface area contributed by atoms with Crippen LogP contribution in [0.2, 0.25) is 0 Å². The van der Waals surface area contributed by atoms with Gasteiger partial charge < -0.3 is 40.9 Å². The maximum atomic E-state index is 13.3. The van der Waals surface area contributed by atoms with Crippen LogP contribution in [0, 0.1) is 0 Å². The molecule has 3 aliphatic rings. The molecule has 0 amide bonds. The molecule has 0 radical (unpaired) electrons. The zero-order valence-electron chi connectivity index (χ0n) is 23.1. The monoisotopic (exact) mass is 688 g/mol. The molecule has 0 aliphatic carbocycles. The quantitative estimate of drug-likeness (QED) is 0.112. The highest BCUT2D eigenvalue weighted by molar-refractivity contribution is 7.47. The Morgan fingerprint density at radius 2 is 1.52 bits per heavy atom. The summed E-state index contributed by atoms with van der Waals surface area (Å²) in [6, 6.07) is 0. The number of rotatable bonds is 2. The van der Waals surface area contributed by atoms with Gasteiger partial charge in [0.1, 0.15) is 42.4 Å². The van der Waals surface area contributed by atoms with Crippen LogP contribution < -0.4 is 17.0 Å². The van der Waals surface area contributed by atoms with Crippen LogP contribution >= 0.6 is 15.6 Å². The Kier molecular flexibility index (Phi) is 7.70. The van der Waals surface area contributed by atoms with Crippen molar-refractivity contribution in [1.82, 2.24) is 39.0 Å². The smallest absolute Gasteiger partial charge is 0.387 e. The second-order valence-corrected chi connectivity index (χ2v) is 13.3. The minimum atomic E-state index is -5.12. The number of imidazole rings is 2. The standard InChI is InChI=1S/C21H26N10O13P2/c22-15-9-16(25-4-24-15)30(5-26-9)19-12(33)13-8(42-19)3-40-46(37,38)44-14-11(32)7(1-2-39-45(35,36)43-13)41-20(14)31-6-27-10-17(31)28-21(23)29-18(10)34/h4-8,11-14,19-20,32-33H,1-3H2,(H,35,36)(H,37,38)(H2,22,24,25)(H3,23,28,29,34)/t7-,8-,11-,12-,13-,14-,19-,20-/m1/s1. The topological polar surface area (TPSA) is 330 Å². The molecule has 4 aromatic rings. The average molecular weight is 688 g/mol. The summed E-state index contributed by atoms with van der Waals surface area (Å²) in [5.74, 6) is -0.228. The zero-order valence-corrected chi connectivity index (χ0v) is 24.9. The van der Waals surface area contributed by atoms with E-state index < -0.39 is 83.5 Å². The fourth-order valence-corrected chi connectivity index (χ4v) is 7.41. The Balaban J connectivity index is 1.20. The van der Waals surface area contributed by atoms with E-state index in [1.54, 1.807) is 0 Å². The molecular formula is C21H26N10O13P2. The van der Waals surface area contributed by atoms with Crippen molar-refractivity contribution >= 4 is 49.7 Å². The molecule has 3 aliphatic heterocycles. The second kappa shape index (κ2) is 11.4. The predicted molar refractivity (Wildman–Crippen MR) is 148 cm³/mol. The SMILES string of the molecule is Nc1nc2c(ncn2[C@@H]2O[C@@H]3CCOP(=O)(O)O[C@H]4[C@@H](O)[C@H](n5cnc6c(N)ncnc65)O[C@@H]4COP(=O)(O)O[C@@H]2[C@@H]3O)c(=O)[nH]1. The summed E-state index contributed by atoms with van der Waals surface area (Å²) in [6.45, 7) is -1.37. The fraction of sp³-hybridized carbons (Fsp3) is 0.524. The third kappa shape index (κ3) is 5.49. The Bertz CT molecular complexity index is 1950. The number of aliphatic hydroxyl groups excluding tert-OH is 2. The largest absolute Gasteiger partial charge is 0.472 e. The van der Waals surface area contributed by atoms with Crippen molar-refractivity contribution < 1.29 is 56.7 Å². The highest BCUT2D eigenvalue weighted by atomic mass is 31.2. The van der Waals surface area contributed by atoms with Gasteiger partial charge in [-0.1, -0.05) is 0 Å². The van der Waals surface area contributed by atoms with Gasteiger partial charge in [0.25, 0.3) is 5.56 Å². The molecule has 2 bridgehead atoms. The molecule has 0 aromatic carbocycles. The Morgan fingerprint density at radius 3 is 2.30 bits per heavy atom. The first-order valence-corrected chi connectivity index (χ1v) is 16.4. The molecule has 0 spiro atoms. The van der Waals surface area contributed by atoms with Gasteiger partial charge in [-0.25, -0.2) is 29.1 Å². The van der Waals surface area contributed by atoms with E-state index in [1.807, 2.05) is 0 Å². The van der Waals surface area contributed by atoms with Crippen molar-refractivity contribution in [2.45, 2.75) is 55.5 Å². The summed E-state index contributed by atoms with van der Waals surface area (Å²) in [5, 5.41) is 22.2. The summed E-state index contributed by atoms with van der Waals surface area (Å²) in [5.41, 5.74) is 10.9. The van der Waals surface area contributed by atoms with Crippen LogP contribution in [-0.2, 0) is 36.7 Å². The third-order valence-electron chi connectivity index (χ3n) is 7.58. The number of fused-ring (bicyclic) bond motifs is 5. The number of aromatic nitrogens is 8. The first-order chi connectivity index (χ1) is 21.8. The lowest BCUT2D eigenvalue weighted by atomic mass is 10.1. The van der Waals surface area contributed by atoms with Crippen LogP contribution in [0.3, 0.4) is 0 Å². The molecule has 46 heavy (non-hydrogen) atoms. The number of hydrogen-bond acceptors (Lipinski definition) is 18.